The van der Waals surface area contributed by atoms with Crippen molar-refractivity contribution in [1.29, 1.82) is 5.26 Å². The van der Waals surface area contributed by atoms with E-state index in [0.29, 0.717) is 21.8 Å². The van der Waals surface area contributed by atoms with Crippen molar-refractivity contribution in [2.45, 2.75) is 6.61 Å². The van der Waals surface area contributed by atoms with Gasteiger partial charge in [0.05, 0.1) is 16.3 Å². The lowest BCUT2D eigenvalue weighted by atomic mass is 10.2. The molecule has 0 radical (unpaired) electrons. The molecule has 2 rings (SSSR count). The Morgan fingerprint density at radius 2 is 2.20 bits per heavy atom. The maximum absolute atomic E-state index is 11.8. The Labute approximate surface area is 120 Å². The lowest BCUT2D eigenvalue weighted by Gasteiger charge is -2.06. The lowest BCUT2D eigenvalue weighted by Crippen LogP contribution is -2.06. The molecule has 6 heteroatoms. The Kier molecular flexibility index (Phi) is 4.18. The second-order valence-corrected chi connectivity index (χ2v) is 4.38. The normalized spacial score (nSPS) is 9.80. The molecule has 0 amide bonds. The number of aromatic nitrogens is 1. The van der Waals surface area contributed by atoms with Gasteiger partial charge in [0.2, 0.25) is 0 Å². The fraction of sp³-hybridized carbons (Fsp3) is 0.0714. The van der Waals surface area contributed by atoms with Gasteiger partial charge < -0.3 is 10.5 Å². The molecule has 2 N–H and O–H groups in total. The van der Waals surface area contributed by atoms with Crippen LogP contribution in [-0.2, 0) is 11.3 Å². The molecule has 0 atom stereocenters. The average Bonchev–Trinajstić information content (AvgIpc) is 2.47. The topological polar surface area (TPSA) is 89.0 Å². The summed E-state index contributed by atoms with van der Waals surface area (Å²) in [5.74, 6) is -0.512. The fourth-order valence-corrected chi connectivity index (χ4v) is 1.69. The number of carbonyl (C=O) groups is 1. The van der Waals surface area contributed by atoms with Crippen LogP contribution < -0.4 is 5.73 Å². The van der Waals surface area contributed by atoms with Crippen molar-refractivity contribution in [3.63, 3.8) is 0 Å². The van der Waals surface area contributed by atoms with E-state index in [1.54, 1.807) is 18.2 Å². The highest BCUT2D eigenvalue weighted by atomic mass is 35.5. The number of nitrogens with zero attached hydrogens (tertiary/aromatic N) is 2. The number of nitriles is 1. The molecule has 0 bridgehead atoms. The van der Waals surface area contributed by atoms with E-state index in [1.165, 1.54) is 18.3 Å². The van der Waals surface area contributed by atoms with Crippen LogP contribution in [0.3, 0.4) is 0 Å². The van der Waals surface area contributed by atoms with Gasteiger partial charge in [0.15, 0.2) is 0 Å². The first-order valence-electron chi connectivity index (χ1n) is 5.67. The minimum atomic E-state index is -0.512. The summed E-state index contributed by atoms with van der Waals surface area (Å²) in [6.45, 7) is 0.0536. The highest BCUT2D eigenvalue weighted by Gasteiger charge is 2.09. The lowest BCUT2D eigenvalue weighted by molar-refractivity contribution is 0.0472. The number of nitrogens with two attached hydrogens (primary N) is 1. The summed E-state index contributed by atoms with van der Waals surface area (Å²) in [6.07, 6.45) is 1.49. The molecule has 1 aromatic heterocycles. The zero-order valence-electron chi connectivity index (χ0n) is 10.3. The van der Waals surface area contributed by atoms with E-state index >= 15 is 0 Å². The van der Waals surface area contributed by atoms with Gasteiger partial charge in [0.25, 0.3) is 0 Å². The smallest absolute Gasteiger partial charge is 0.338 e. The fourth-order valence-electron chi connectivity index (χ4n) is 1.51. The van der Waals surface area contributed by atoms with E-state index in [-0.39, 0.29) is 12.3 Å². The zero-order chi connectivity index (χ0) is 14.5. The Morgan fingerprint density at radius 3 is 2.90 bits per heavy atom. The van der Waals surface area contributed by atoms with E-state index in [0.717, 1.165) is 0 Å². The van der Waals surface area contributed by atoms with Crippen LogP contribution in [0, 0.1) is 11.3 Å². The van der Waals surface area contributed by atoms with E-state index in [1.807, 2.05) is 6.07 Å². The van der Waals surface area contributed by atoms with E-state index in [9.17, 15) is 4.79 Å². The number of pyridine rings is 1. The molecule has 0 aliphatic heterocycles. The second kappa shape index (κ2) is 6.04. The summed E-state index contributed by atoms with van der Waals surface area (Å²) < 4.78 is 5.13. The van der Waals surface area contributed by atoms with E-state index < -0.39 is 5.97 Å². The number of carbonyl (C=O) groups excluding carboxylic acids is 1. The number of ether oxygens (including phenoxy) is 1. The zero-order valence-corrected chi connectivity index (χ0v) is 11.1. The number of esters is 1. The average molecular weight is 288 g/mol. The maximum Gasteiger partial charge on any atom is 0.338 e. The van der Waals surface area contributed by atoms with E-state index in [2.05, 4.69) is 4.98 Å². The van der Waals surface area contributed by atoms with Crippen LogP contribution in [0.5, 0.6) is 0 Å². The van der Waals surface area contributed by atoms with Crippen molar-refractivity contribution >= 4 is 23.3 Å². The molecule has 0 unspecified atom stereocenters. The molecule has 1 aromatic carbocycles. The summed E-state index contributed by atoms with van der Waals surface area (Å²) in [7, 11) is 0. The first-order chi connectivity index (χ1) is 9.60. The summed E-state index contributed by atoms with van der Waals surface area (Å²) in [6, 6.07) is 9.68. The highest BCUT2D eigenvalue weighted by Crippen LogP contribution is 2.20. The largest absolute Gasteiger partial charge is 0.457 e. The van der Waals surface area contributed by atoms with Gasteiger partial charge in [-0.2, -0.15) is 5.26 Å². The number of benzene rings is 1. The Hall–Kier alpha value is -2.58. The molecule has 0 saturated carbocycles. The van der Waals surface area contributed by atoms with Gasteiger partial charge in [-0.15, -0.1) is 0 Å². The first-order valence-corrected chi connectivity index (χ1v) is 6.05. The third kappa shape index (κ3) is 3.25. The molecular weight excluding hydrogens is 278 g/mol. The predicted molar refractivity (Wildman–Crippen MR) is 73.9 cm³/mol. The summed E-state index contributed by atoms with van der Waals surface area (Å²) in [5, 5.41) is 9.03. The molecule has 0 aliphatic rings. The highest BCUT2D eigenvalue weighted by molar-refractivity contribution is 6.33. The van der Waals surface area contributed by atoms with E-state index in [4.69, 9.17) is 27.3 Å². The molecule has 0 spiro atoms. The van der Waals surface area contributed by atoms with Gasteiger partial charge in [-0.25, -0.2) is 9.78 Å². The molecule has 20 heavy (non-hydrogen) atoms. The van der Waals surface area contributed by atoms with Gasteiger partial charge >= 0.3 is 5.97 Å². The van der Waals surface area contributed by atoms with Crippen LogP contribution in [0.4, 0.5) is 5.69 Å². The molecular formula is C14H10ClN3O2. The minimum Gasteiger partial charge on any atom is -0.457 e. The molecule has 0 aliphatic carbocycles. The Morgan fingerprint density at radius 1 is 1.40 bits per heavy atom. The molecule has 0 fully saturated rings. The van der Waals surface area contributed by atoms with Crippen molar-refractivity contribution in [3.8, 4) is 6.07 Å². The molecule has 1 heterocycles. The third-order valence-electron chi connectivity index (χ3n) is 2.54. The summed E-state index contributed by atoms with van der Waals surface area (Å²) in [4.78, 5) is 15.7. The molecule has 2 aromatic rings. The van der Waals surface area contributed by atoms with Gasteiger partial charge in [-0.05, 0) is 35.9 Å². The van der Waals surface area contributed by atoms with Crippen molar-refractivity contribution in [2.75, 3.05) is 5.73 Å². The predicted octanol–water partition coefficient (Wildman–Crippen LogP) is 2.55. The quantitative estimate of drug-likeness (QED) is 0.692. The van der Waals surface area contributed by atoms with Crippen LogP contribution >= 0.6 is 11.6 Å². The van der Waals surface area contributed by atoms with Crippen molar-refractivity contribution < 1.29 is 9.53 Å². The van der Waals surface area contributed by atoms with Crippen LogP contribution in [0.15, 0.2) is 36.5 Å². The number of halogens is 1. The maximum atomic E-state index is 11.8. The van der Waals surface area contributed by atoms with Crippen LogP contribution in [0.25, 0.3) is 0 Å². The number of nitrogen functional groups attached to an aromatic ring is 1. The van der Waals surface area contributed by atoms with Crippen LogP contribution in [-0.4, -0.2) is 11.0 Å². The number of hydrogen-bond acceptors (Lipinski definition) is 5. The molecule has 0 saturated heterocycles. The van der Waals surface area contributed by atoms with Crippen LogP contribution in [0.1, 0.15) is 21.6 Å². The van der Waals surface area contributed by atoms with Gasteiger partial charge in [0.1, 0.15) is 18.4 Å². The van der Waals surface area contributed by atoms with Gasteiger partial charge in [-0.1, -0.05) is 11.6 Å². The Balaban J connectivity index is 2.05. The standard InChI is InChI=1S/C14H10ClN3O2/c15-12-6-10(1-2-13(12)17)14(19)20-8-9-3-4-18-11(5-9)7-16/h1-6H,8,17H2. The monoisotopic (exact) mass is 287 g/mol. The molecule has 100 valence electrons. The van der Waals surface area contributed by atoms with Crippen molar-refractivity contribution in [3.05, 3.63) is 58.4 Å². The van der Waals surface area contributed by atoms with Crippen molar-refractivity contribution in [1.82, 2.24) is 4.98 Å². The first kappa shape index (κ1) is 13.8. The number of rotatable bonds is 3. The third-order valence-corrected chi connectivity index (χ3v) is 2.87. The second-order valence-electron chi connectivity index (χ2n) is 3.97. The minimum absolute atomic E-state index is 0.0536. The van der Waals surface area contributed by atoms with Crippen molar-refractivity contribution in [2.24, 2.45) is 0 Å². The summed E-state index contributed by atoms with van der Waals surface area (Å²) >= 11 is 5.84. The van der Waals surface area contributed by atoms with Gasteiger partial charge in [-0.3, -0.25) is 0 Å². The molecule has 5 nitrogen and oxygen atoms in total. The Bertz CT molecular complexity index is 695. The number of hydrogen-bond donors (Lipinski definition) is 1. The number of anilines is 1. The summed E-state index contributed by atoms with van der Waals surface area (Å²) in [5.41, 5.74) is 7.24. The SMILES string of the molecule is N#Cc1cc(COC(=O)c2ccc(N)c(Cl)c2)ccn1. The van der Waals surface area contributed by atoms with Gasteiger partial charge in [0, 0.05) is 6.20 Å². The van der Waals surface area contributed by atoms with Crippen LogP contribution in [0.2, 0.25) is 5.02 Å².